The number of nitrogens with one attached hydrogen (secondary N) is 2. The Hall–Kier alpha value is -3.20. The smallest absolute Gasteiger partial charge is 0.225 e. The number of aliphatic hydroxyl groups is 1. The number of hydrogen-bond acceptors (Lipinski definition) is 6. The quantitative estimate of drug-likeness (QED) is 0.612. The lowest BCUT2D eigenvalue weighted by molar-refractivity contribution is 0.281. The molecule has 9 heteroatoms. The molecular weight excluding hydrogens is 359 g/mol. The third-order valence-corrected chi connectivity index (χ3v) is 3.61. The van der Waals surface area contributed by atoms with Crippen LogP contribution < -0.4 is 10.6 Å². The lowest BCUT2D eigenvalue weighted by atomic mass is 10.2. The van der Waals surface area contributed by atoms with Gasteiger partial charge in [0, 0.05) is 42.2 Å². The first-order chi connectivity index (χ1) is 13.0. The molecule has 0 aliphatic carbocycles. The van der Waals surface area contributed by atoms with Gasteiger partial charge in [0.25, 0.3) is 0 Å². The van der Waals surface area contributed by atoms with Crippen LogP contribution in [0, 0.1) is 17.5 Å². The summed E-state index contributed by atoms with van der Waals surface area (Å²) in [6, 6.07) is 5.72. The molecule has 0 spiro atoms. The molecule has 2 heterocycles. The van der Waals surface area contributed by atoms with Crippen LogP contribution in [0.25, 0.3) is 11.3 Å². The fraction of sp³-hybridized carbons (Fsp3) is 0.167. The standard InChI is InChI=1S/C18H16F3N5O/c1-10(9-27)23-18-24-15(11-2-4-22-5-3-11)8-16(26-18)25-17-13(20)6-12(19)7-14(17)21/h2-8,10,27H,9H2,1H3,(H2,23,24,25,26)/t10-/m0/s1. The van der Waals surface area contributed by atoms with Gasteiger partial charge < -0.3 is 15.7 Å². The van der Waals surface area contributed by atoms with Crippen molar-refractivity contribution in [3.63, 3.8) is 0 Å². The minimum atomic E-state index is -1.09. The van der Waals surface area contributed by atoms with Crippen LogP contribution in [0.5, 0.6) is 0 Å². The fourth-order valence-electron chi connectivity index (χ4n) is 2.30. The van der Waals surface area contributed by atoms with Gasteiger partial charge in [0.15, 0.2) is 11.6 Å². The average molecular weight is 375 g/mol. The van der Waals surface area contributed by atoms with Crippen LogP contribution in [0.2, 0.25) is 0 Å². The Balaban J connectivity index is 2.02. The summed E-state index contributed by atoms with van der Waals surface area (Å²) >= 11 is 0. The zero-order chi connectivity index (χ0) is 19.4. The number of rotatable bonds is 6. The second-order valence-corrected chi connectivity index (χ2v) is 5.80. The SMILES string of the molecule is C[C@@H](CO)Nc1nc(Nc2c(F)cc(F)cc2F)cc(-c2ccncc2)n1. The largest absolute Gasteiger partial charge is 0.394 e. The Morgan fingerprint density at radius 1 is 1.04 bits per heavy atom. The Bertz CT molecular complexity index is 917. The fourth-order valence-corrected chi connectivity index (χ4v) is 2.30. The van der Waals surface area contributed by atoms with Crippen molar-refractivity contribution in [3.05, 3.63) is 60.2 Å². The maximum absolute atomic E-state index is 13.9. The van der Waals surface area contributed by atoms with Gasteiger partial charge in [0.05, 0.1) is 12.3 Å². The molecule has 3 aromatic rings. The number of halogens is 3. The third kappa shape index (κ3) is 4.50. The van der Waals surface area contributed by atoms with Crippen molar-refractivity contribution in [2.24, 2.45) is 0 Å². The molecule has 0 amide bonds. The molecule has 0 aliphatic heterocycles. The van der Waals surface area contributed by atoms with Gasteiger partial charge in [-0.25, -0.2) is 18.2 Å². The van der Waals surface area contributed by atoms with E-state index in [1.807, 2.05) is 0 Å². The molecule has 0 saturated carbocycles. The number of hydrogen-bond donors (Lipinski definition) is 3. The molecule has 1 aromatic carbocycles. The lowest BCUT2D eigenvalue weighted by Crippen LogP contribution is -2.21. The van der Waals surface area contributed by atoms with Crippen LogP contribution in [-0.4, -0.2) is 32.7 Å². The second kappa shape index (κ2) is 8.00. The Labute approximate surface area is 153 Å². The third-order valence-electron chi connectivity index (χ3n) is 3.61. The van der Waals surface area contributed by atoms with Gasteiger partial charge in [-0.05, 0) is 19.1 Å². The molecule has 140 valence electrons. The zero-order valence-corrected chi connectivity index (χ0v) is 14.2. The van der Waals surface area contributed by atoms with Gasteiger partial charge in [-0.3, -0.25) is 4.98 Å². The Morgan fingerprint density at radius 2 is 1.70 bits per heavy atom. The molecule has 3 N–H and O–H groups in total. The number of aliphatic hydroxyl groups excluding tert-OH is 1. The van der Waals surface area contributed by atoms with Crippen LogP contribution in [0.15, 0.2) is 42.7 Å². The molecule has 0 unspecified atom stereocenters. The minimum absolute atomic E-state index is 0.0915. The predicted octanol–water partition coefficient (Wildman–Crippen LogP) is 3.49. The van der Waals surface area contributed by atoms with Crippen LogP contribution in [0.3, 0.4) is 0 Å². The van der Waals surface area contributed by atoms with E-state index < -0.39 is 23.1 Å². The first-order valence-corrected chi connectivity index (χ1v) is 8.04. The van der Waals surface area contributed by atoms with Gasteiger partial charge >= 0.3 is 0 Å². The molecule has 0 radical (unpaired) electrons. The normalized spacial score (nSPS) is 11.9. The highest BCUT2D eigenvalue weighted by molar-refractivity contribution is 5.67. The van der Waals surface area contributed by atoms with E-state index in [0.717, 1.165) is 0 Å². The van der Waals surface area contributed by atoms with Gasteiger partial charge in [0.2, 0.25) is 5.95 Å². The van der Waals surface area contributed by atoms with E-state index in [4.69, 9.17) is 0 Å². The molecule has 27 heavy (non-hydrogen) atoms. The van der Waals surface area contributed by atoms with Crippen molar-refractivity contribution in [2.75, 3.05) is 17.2 Å². The Morgan fingerprint density at radius 3 is 2.33 bits per heavy atom. The molecule has 6 nitrogen and oxygen atoms in total. The summed E-state index contributed by atoms with van der Waals surface area (Å²) in [5, 5.41) is 14.6. The number of nitrogens with zero attached hydrogens (tertiary/aromatic N) is 3. The number of anilines is 3. The van der Waals surface area contributed by atoms with Crippen molar-refractivity contribution in [2.45, 2.75) is 13.0 Å². The second-order valence-electron chi connectivity index (χ2n) is 5.80. The number of benzene rings is 1. The highest BCUT2D eigenvalue weighted by atomic mass is 19.1. The minimum Gasteiger partial charge on any atom is -0.394 e. The summed E-state index contributed by atoms with van der Waals surface area (Å²) in [5.74, 6) is -2.95. The van der Waals surface area contributed by atoms with Gasteiger partial charge in [0.1, 0.15) is 17.3 Å². The monoisotopic (exact) mass is 375 g/mol. The van der Waals surface area contributed by atoms with E-state index in [1.165, 1.54) is 6.07 Å². The molecule has 0 saturated heterocycles. The summed E-state index contributed by atoms with van der Waals surface area (Å²) < 4.78 is 41.0. The van der Waals surface area contributed by atoms with Crippen molar-refractivity contribution >= 4 is 17.5 Å². The molecule has 1 atom stereocenters. The topological polar surface area (TPSA) is 83.0 Å². The maximum Gasteiger partial charge on any atom is 0.225 e. The highest BCUT2D eigenvalue weighted by Gasteiger charge is 2.15. The van der Waals surface area contributed by atoms with Crippen molar-refractivity contribution < 1.29 is 18.3 Å². The highest BCUT2D eigenvalue weighted by Crippen LogP contribution is 2.27. The first kappa shape index (κ1) is 18.6. The summed E-state index contributed by atoms with van der Waals surface area (Å²) in [6.07, 6.45) is 3.15. The first-order valence-electron chi connectivity index (χ1n) is 8.04. The Kier molecular flexibility index (Phi) is 5.51. The molecular formula is C18H16F3N5O. The van der Waals surface area contributed by atoms with E-state index in [1.54, 1.807) is 31.5 Å². The molecule has 0 bridgehead atoms. The van der Waals surface area contributed by atoms with Gasteiger partial charge in [-0.1, -0.05) is 0 Å². The summed E-state index contributed by atoms with van der Waals surface area (Å²) in [5.41, 5.74) is 0.637. The van der Waals surface area contributed by atoms with Crippen LogP contribution in [0.4, 0.5) is 30.6 Å². The van der Waals surface area contributed by atoms with E-state index in [-0.39, 0.29) is 24.4 Å². The van der Waals surface area contributed by atoms with Crippen molar-refractivity contribution in [3.8, 4) is 11.3 Å². The van der Waals surface area contributed by atoms with Crippen LogP contribution in [-0.2, 0) is 0 Å². The van der Waals surface area contributed by atoms with Crippen molar-refractivity contribution in [1.82, 2.24) is 15.0 Å². The van der Waals surface area contributed by atoms with E-state index in [0.29, 0.717) is 23.4 Å². The molecule has 2 aromatic heterocycles. The summed E-state index contributed by atoms with van der Waals surface area (Å²) in [4.78, 5) is 12.4. The van der Waals surface area contributed by atoms with E-state index in [9.17, 15) is 18.3 Å². The van der Waals surface area contributed by atoms with Gasteiger partial charge in [-0.2, -0.15) is 4.98 Å². The summed E-state index contributed by atoms with van der Waals surface area (Å²) in [7, 11) is 0. The van der Waals surface area contributed by atoms with Gasteiger partial charge in [-0.15, -0.1) is 0 Å². The van der Waals surface area contributed by atoms with Crippen LogP contribution in [0.1, 0.15) is 6.92 Å². The summed E-state index contributed by atoms with van der Waals surface area (Å²) in [6.45, 7) is 1.56. The molecule has 0 aliphatic rings. The zero-order valence-electron chi connectivity index (χ0n) is 14.2. The predicted molar refractivity (Wildman–Crippen MR) is 95.0 cm³/mol. The lowest BCUT2D eigenvalue weighted by Gasteiger charge is -2.15. The molecule has 3 rings (SSSR count). The van der Waals surface area contributed by atoms with E-state index >= 15 is 0 Å². The number of pyridine rings is 1. The average Bonchev–Trinajstić information content (AvgIpc) is 2.65. The van der Waals surface area contributed by atoms with Crippen molar-refractivity contribution in [1.29, 1.82) is 0 Å². The van der Waals surface area contributed by atoms with E-state index in [2.05, 4.69) is 25.6 Å². The maximum atomic E-state index is 13.9. The van der Waals surface area contributed by atoms with Crippen LogP contribution >= 0.6 is 0 Å². The number of aromatic nitrogens is 3. The molecule has 0 fully saturated rings.